The minimum absolute atomic E-state index is 0.0578. The van der Waals surface area contributed by atoms with Gasteiger partial charge in [-0.3, -0.25) is 9.59 Å². The number of carbonyl (C=O) groups is 1. The van der Waals surface area contributed by atoms with E-state index in [0.717, 1.165) is 22.3 Å². The molecule has 26 heavy (non-hydrogen) atoms. The van der Waals surface area contributed by atoms with E-state index in [9.17, 15) is 9.59 Å². The van der Waals surface area contributed by atoms with E-state index < -0.39 is 0 Å². The molecule has 136 valence electrons. The standard InChI is InChI=1S/C21H25N3O2/c1-13(2)12-24-10-9-18-16(21(24)26)11-19(23(18)5)20(25)22-17-8-6-7-14(3)15(17)4/h6-11,13H,12H2,1-5H3,(H,22,25). The van der Waals surface area contributed by atoms with E-state index in [1.165, 1.54) is 0 Å². The molecule has 0 atom stereocenters. The van der Waals surface area contributed by atoms with E-state index in [0.29, 0.717) is 23.5 Å². The predicted octanol–water partition coefficient (Wildman–Crippen LogP) is 3.87. The number of amides is 1. The van der Waals surface area contributed by atoms with Crippen LogP contribution in [0, 0.1) is 19.8 Å². The molecule has 1 aromatic carbocycles. The molecule has 5 heteroatoms. The number of anilines is 1. The summed E-state index contributed by atoms with van der Waals surface area (Å²) in [5.41, 5.74) is 4.13. The quantitative estimate of drug-likeness (QED) is 0.776. The third-order valence-corrected chi connectivity index (χ3v) is 4.83. The number of rotatable bonds is 4. The second-order valence-electron chi connectivity index (χ2n) is 7.26. The molecule has 0 aliphatic carbocycles. The number of hydrogen-bond acceptors (Lipinski definition) is 2. The average molecular weight is 351 g/mol. The first-order valence-corrected chi connectivity index (χ1v) is 8.86. The highest BCUT2D eigenvalue weighted by Gasteiger charge is 2.17. The SMILES string of the molecule is Cc1cccc(NC(=O)c2cc3c(=O)n(CC(C)C)ccc3n2C)c1C. The average Bonchev–Trinajstić information content (AvgIpc) is 2.92. The number of nitrogens with one attached hydrogen (secondary N) is 1. The summed E-state index contributed by atoms with van der Waals surface area (Å²) in [7, 11) is 1.81. The lowest BCUT2D eigenvalue weighted by Crippen LogP contribution is -2.21. The minimum Gasteiger partial charge on any atom is -0.339 e. The maximum atomic E-state index is 12.8. The van der Waals surface area contributed by atoms with Crippen LogP contribution in [0.2, 0.25) is 0 Å². The summed E-state index contributed by atoms with van der Waals surface area (Å²) in [5.74, 6) is 0.160. The molecule has 0 radical (unpaired) electrons. The monoisotopic (exact) mass is 351 g/mol. The van der Waals surface area contributed by atoms with E-state index in [2.05, 4.69) is 19.2 Å². The zero-order valence-electron chi connectivity index (χ0n) is 16.0. The van der Waals surface area contributed by atoms with Gasteiger partial charge in [0, 0.05) is 25.5 Å². The molecule has 0 saturated heterocycles. The summed E-state index contributed by atoms with van der Waals surface area (Å²) in [4.78, 5) is 25.5. The van der Waals surface area contributed by atoms with Crippen molar-refractivity contribution in [2.24, 2.45) is 13.0 Å². The Morgan fingerprint density at radius 2 is 1.92 bits per heavy atom. The fourth-order valence-electron chi connectivity index (χ4n) is 3.20. The lowest BCUT2D eigenvalue weighted by molar-refractivity contribution is 0.101. The fourth-order valence-corrected chi connectivity index (χ4v) is 3.20. The molecular weight excluding hydrogens is 326 g/mol. The molecule has 2 heterocycles. The van der Waals surface area contributed by atoms with E-state index in [1.54, 1.807) is 21.4 Å². The van der Waals surface area contributed by atoms with Gasteiger partial charge in [0.25, 0.3) is 11.5 Å². The highest BCUT2D eigenvalue weighted by atomic mass is 16.2. The molecule has 0 fully saturated rings. The van der Waals surface area contributed by atoms with E-state index in [4.69, 9.17) is 0 Å². The van der Waals surface area contributed by atoms with Gasteiger partial charge in [-0.05, 0) is 49.1 Å². The van der Waals surface area contributed by atoms with Crippen molar-refractivity contribution in [3.8, 4) is 0 Å². The molecule has 3 rings (SSSR count). The Labute approximate surface area is 153 Å². The molecule has 3 aromatic rings. The van der Waals surface area contributed by atoms with Crippen molar-refractivity contribution in [1.82, 2.24) is 9.13 Å². The molecular formula is C21H25N3O2. The maximum Gasteiger partial charge on any atom is 0.272 e. The van der Waals surface area contributed by atoms with Gasteiger partial charge < -0.3 is 14.5 Å². The van der Waals surface area contributed by atoms with Gasteiger partial charge in [-0.1, -0.05) is 26.0 Å². The van der Waals surface area contributed by atoms with Gasteiger partial charge in [-0.2, -0.15) is 0 Å². The van der Waals surface area contributed by atoms with Crippen molar-refractivity contribution in [3.05, 3.63) is 63.7 Å². The number of benzene rings is 1. The van der Waals surface area contributed by atoms with Gasteiger partial charge in [0.1, 0.15) is 5.69 Å². The molecule has 1 amide bonds. The molecule has 1 N–H and O–H groups in total. The second-order valence-corrected chi connectivity index (χ2v) is 7.26. The van der Waals surface area contributed by atoms with Crippen LogP contribution in [0.5, 0.6) is 0 Å². The van der Waals surface area contributed by atoms with Crippen molar-refractivity contribution >= 4 is 22.5 Å². The topological polar surface area (TPSA) is 56.0 Å². The van der Waals surface area contributed by atoms with Crippen molar-refractivity contribution in [3.63, 3.8) is 0 Å². The molecule has 5 nitrogen and oxygen atoms in total. The van der Waals surface area contributed by atoms with Crippen LogP contribution in [0.4, 0.5) is 5.69 Å². The summed E-state index contributed by atoms with van der Waals surface area (Å²) in [6, 6.07) is 9.41. The van der Waals surface area contributed by atoms with Crippen molar-refractivity contribution in [2.45, 2.75) is 34.2 Å². The van der Waals surface area contributed by atoms with Gasteiger partial charge in [-0.25, -0.2) is 0 Å². The molecule has 2 aromatic heterocycles. The third kappa shape index (κ3) is 3.17. The van der Waals surface area contributed by atoms with Gasteiger partial charge in [0.15, 0.2) is 0 Å². The first-order chi connectivity index (χ1) is 12.3. The molecule has 0 aliphatic rings. The lowest BCUT2D eigenvalue weighted by Gasteiger charge is -2.11. The predicted molar refractivity (Wildman–Crippen MR) is 106 cm³/mol. The Kier molecular flexibility index (Phi) is 4.72. The Hall–Kier alpha value is -2.82. The van der Waals surface area contributed by atoms with Crippen LogP contribution in [0.1, 0.15) is 35.5 Å². The largest absolute Gasteiger partial charge is 0.339 e. The Morgan fingerprint density at radius 3 is 2.62 bits per heavy atom. The highest BCUT2D eigenvalue weighted by molar-refractivity contribution is 6.06. The van der Waals surface area contributed by atoms with Crippen LogP contribution in [0.3, 0.4) is 0 Å². The minimum atomic E-state index is -0.216. The van der Waals surface area contributed by atoms with Crippen LogP contribution in [-0.2, 0) is 13.6 Å². The smallest absolute Gasteiger partial charge is 0.272 e. The molecule has 0 bridgehead atoms. The number of nitrogens with zero attached hydrogens (tertiary/aromatic N) is 2. The third-order valence-electron chi connectivity index (χ3n) is 4.83. The van der Waals surface area contributed by atoms with Gasteiger partial charge in [-0.15, -0.1) is 0 Å². The summed E-state index contributed by atoms with van der Waals surface area (Å²) >= 11 is 0. The zero-order chi connectivity index (χ0) is 19.0. The van der Waals surface area contributed by atoms with E-state index >= 15 is 0 Å². The first kappa shape index (κ1) is 18.0. The van der Waals surface area contributed by atoms with Crippen LogP contribution >= 0.6 is 0 Å². The molecule has 0 aliphatic heterocycles. The molecule has 0 spiro atoms. The van der Waals surface area contributed by atoms with E-state index in [1.807, 2.05) is 45.2 Å². The maximum absolute atomic E-state index is 12.8. The summed E-state index contributed by atoms with van der Waals surface area (Å²) in [6.45, 7) is 8.80. The van der Waals surface area contributed by atoms with Gasteiger partial charge in [0.2, 0.25) is 0 Å². The summed E-state index contributed by atoms with van der Waals surface area (Å²) < 4.78 is 3.48. The number of pyridine rings is 1. The zero-order valence-corrected chi connectivity index (χ0v) is 16.0. The van der Waals surface area contributed by atoms with Crippen LogP contribution in [-0.4, -0.2) is 15.0 Å². The van der Waals surface area contributed by atoms with Crippen LogP contribution < -0.4 is 10.9 Å². The fraction of sp³-hybridized carbons (Fsp3) is 0.333. The second kappa shape index (κ2) is 6.83. The number of hydrogen-bond donors (Lipinski definition) is 1. The highest BCUT2D eigenvalue weighted by Crippen LogP contribution is 2.21. The summed E-state index contributed by atoms with van der Waals surface area (Å²) in [6.07, 6.45) is 1.80. The molecule has 0 saturated carbocycles. The number of aryl methyl sites for hydroxylation is 2. The van der Waals surface area contributed by atoms with Crippen molar-refractivity contribution in [1.29, 1.82) is 0 Å². The Balaban J connectivity index is 2.01. The van der Waals surface area contributed by atoms with Crippen molar-refractivity contribution < 1.29 is 4.79 Å². The van der Waals surface area contributed by atoms with Crippen LogP contribution in [0.25, 0.3) is 10.9 Å². The number of carbonyl (C=O) groups excluding carboxylic acids is 1. The number of fused-ring (bicyclic) bond motifs is 1. The van der Waals surface area contributed by atoms with Gasteiger partial charge >= 0.3 is 0 Å². The lowest BCUT2D eigenvalue weighted by atomic mass is 10.1. The Bertz CT molecular complexity index is 1040. The Morgan fingerprint density at radius 1 is 1.19 bits per heavy atom. The summed E-state index contributed by atoms with van der Waals surface area (Å²) in [5, 5.41) is 3.54. The van der Waals surface area contributed by atoms with Gasteiger partial charge in [0.05, 0.1) is 10.9 Å². The van der Waals surface area contributed by atoms with Crippen LogP contribution in [0.15, 0.2) is 41.3 Å². The van der Waals surface area contributed by atoms with Crippen molar-refractivity contribution in [2.75, 3.05) is 5.32 Å². The first-order valence-electron chi connectivity index (χ1n) is 8.86. The molecule has 0 unspecified atom stereocenters. The van der Waals surface area contributed by atoms with E-state index in [-0.39, 0.29) is 11.5 Å². The normalized spacial score (nSPS) is 11.3. The number of aromatic nitrogens is 2.